The van der Waals surface area contributed by atoms with Gasteiger partial charge in [0.25, 0.3) is 0 Å². The lowest BCUT2D eigenvalue weighted by Gasteiger charge is -2.10. The van der Waals surface area contributed by atoms with Crippen LogP contribution in [0.3, 0.4) is 0 Å². The second kappa shape index (κ2) is 6.42. The van der Waals surface area contributed by atoms with Gasteiger partial charge in [0.2, 0.25) is 0 Å². The van der Waals surface area contributed by atoms with Crippen LogP contribution in [0.15, 0.2) is 30.4 Å². The molecule has 0 saturated heterocycles. The molecule has 0 saturated carbocycles. The molecule has 0 heterocycles. The van der Waals surface area contributed by atoms with Gasteiger partial charge in [-0.2, -0.15) is 0 Å². The molecular weight excluding hydrogens is 238 g/mol. The number of hydrogen-bond acceptors (Lipinski definition) is 3. The Balaban J connectivity index is 2.90. The zero-order valence-corrected chi connectivity index (χ0v) is 10.6. The lowest BCUT2D eigenvalue weighted by Crippen LogP contribution is -2.09. The van der Waals surface area contributed by atoms with Crippen LogP contribution in [-0.2, 0) is 0 Å². The van der Waals surface area contributed by atoms with Crippen LogP contribution in [-0.4, -0.2) is 18.9 Å². The van der Waals surface area contributed by atoms with Gasteiger partial charge in [-0.3, -0.25) is 4.79 Å². The maximum absolute atomic E-state index is 11.7. The first-order valence-corrected chi connectivity index (χ1v) is 5.73. The fourth-order valence-corrected chi connectivity index (χ4v) is 1.59. The van der Waals surface area contributed by atoms with E-state index in [-0.39, 0.29) is 12.2 Å². The van der Waals surface area contributed by atoms with Crippen molar-refractivity contribution in [2.24, 2.45) is 5.73 Å². The topological polar surface area (TPSA) is 52.3 Å². The van der Waals surface area contributed by atoms with Gasteiger partial charge >= 0.3 is 0 Å². The molecule has 0 spiro atoms. The molecule has 92 valence electrons. The van der Waals surface area contributed by atoms with Crippen LogP contribution >= 0.6 is 11.6 Å². The summed E-state index contributed by atoms with van der Waals surface area (Å²) in [5.41, 5.74) is 6.69. The van der Waals surface area contributed by atoms with Crippen LogP contribution in [0.25, 0.3) is 0 Å². The lowest BCUT2D eigenvalue weighted by molar-refractivity contribution is 0.0985. The van der Waals surface area contributed by atoms with Crippen LogP contribution in [0, 0.1) is 0 Å². The number of halogens is 1. The number of ketones is 1. The summed E-state index contributed by atoms with van der Waals surface area (Å²) in [4.78, 5) is 11.7. The molecule has 3 nitrogen and oxygen atoms in total. The minimum absolute atomic E-state index is 0.0710. The van der Waals surface area contributed by atoms with Crippen LogP contribution in [0.1, 0.15) is 23.7 Å². The summed E-state index contributed by atoms with van der Waals surface area (Å²) >= 11 is 6.11. The van der Waals surface area contributed by atoms with Gasteiger partial charge in [0, 0.05) is 12.0 Å². The molecule has 1 aromatic carbocycles. The second-order valence-electron chi connectivity index (χ2n) is 3.83. The summed E-state index contributed by atoms with van der Waals surface area (Å²) in [6.07, 6.45) is 0.281. The molecule has 0 atom stereocenters. The number of carbonyl (C=O) groups is 1. The summed E-state index contributed by atoms with van der Waals surface area (Å²) in [7, 11) is 0. The Labute approximate surface area is 106 Å². The molecule has 1 aromatic rings. The number of hydrogen-bond donors (Lipinski definition) is 1. The maximum atomic E-state index is 11.7. The molecule has 2 N–H and O–H groups in total. The SMILES string of the molecule is C=C(C)COc1cccc(C(=O)CCN)c1Cl. The Bertz CT molecular complexity index is 429. The Morgan fingerprint density at radius 1 is 1.53 bits per heavy atom. The van der Waals surface area contributed by atoms with Crippen LogP contribution in [0.2, 0.25) is 5.02 Å². The van der Waals surface area contributed by atoms with Crippen molar-refractivity contribution in [1.29, 1.82) is 0 Å². The van der Waals surface area contributed by atoms with Crippen molar-refractivity contribution in [3.63, 3.8) is 0 Å². The van der Waals surface area contributed by atoms with E-state index in [1.165, 1.54) is 0 Å². The summed E-state index contributed by atoms with van der Waals surface area (Å²) in [6, 6.07) is 5.14. The van der Waals surface area contributed by atoms with Gasteiger partial charge in [-0.25, -0.2) is 0 Å². The third kappa shape index (κ3) is 3.88. The average molecular weight is 254 g/mol. The zero-order valence-electron chi connectivity index (χ0n) is 9.83. The van der Waals surface area contributed by atoms with E-state index in [9.17, 15) is 4.79 Å². The fraction of sp³-hybridized carbons (Fsp3) is 0.308. The first kappa shape index (κ1) is 13.7. The molecule has 0 aliphatic carbocycles. The summed E-state index contributed by atoms with van der Waals surface area (Å²) in [5.74, 6) is 0.427. The van der Waals surface area contributed by atoms with Crippen molar-refractivity contribution >= 4 is 17.4 Å². The third-order valence-electron chi connectivity index (χ3n) is 2.11. The quantitative estimate of drug-likeness (QED) is 0.627. The molecule has 0 bridgehead atoms. The van der Waals surface area contributed by atoms with Crippen LogP contribution < -0.4 is 10.5 Å². The van der Waals surface area contributed by atoms with E-state index in [0.717, 1.165) is 5.57 Å². The van der Waals surface area contributed by atoms with Gasteiger partial charge in [0.15, 0.2) is 5.78 Å². The van der Waals surface area contributed by atoms with E-state index in [0.29, 0.717) is 29.5 Å². The normalized spacial score (nSPS) is 10.1. The van der Waals surface area contributed by atoms with Gasteiger partial charge in [-0.15, -0.1) is 0 Å². The van der Waals surface area contributed by atoms with Crippen molar-refractivity contribution in [3.8, 4) is 5.75 Å². The molecule has 0 fully saturated rings. The van der Waals surface area contributed by atoms with E-state index in [1.54, 1.807) is 18.2 Å². The predicted octanol–water partition coefficient (Wildman–Crippen LogP) is 2.83. The molecule has 0 aliphatic heterocycles. The highest BCUT2D eigenvalue weighted by Crippen LogP contribution is 2.29. The highest BCUT2D eigenvalue weighted by atomic mass is 35.5. The number of Topliss-reactive ketones (excluding diaryl/α,β-unsaturated/α-hetero) is 1. The molecule has 0 unspecified atom stereocenters. The van der Waals surface area contributed by atoms with Crippen molar-refractivity contribution < 1.29 is 9.53 Å². The smallest absolute Gasteiger partial charge is 0.165 e. The molecule has 1 rings (SSSR count). The highest BCUT2D eigenvalue weighted by molar-refractivity contribution is 6.35. The maximum Gasteiger partial charge on any atom is 0.165 e. The summed E-state index contributed by atoms with van der Waals surface area (Å²) < 4.78 is 5.45. The Morgan fingerprint density at radius 2 is 2.24 bits per heavy atom. The first-order valence-electron chi connectivity index (χ1n) is 5.35. The largest absolute Gasteiger partial charge is 0.488 e. The molecular formula is C13H16ClNO2. The summed E-state index contributed by atoms with van der Waals surface area (Å²) in [5, 5.41) is 0.340. The predicted molar refractivity (Wildman–Crippen MR) is 69.8 cm³/mol. The monoisotopic (exact) mass is 253 g/mol. The Morgan fingerprint density at radius 3 is 2.82 bits per heavy atom. The highest BCUT2D eigenvalue weighted by Gasteiger charge is 2.13. The van der Waals surface area contributed by atoms with Crippen molar-refractivity contribution in [2.75, 3.05) is 13.2 Å². The van der Waals surface area contributed by atoms with E-state index in [1.807, 2.05) is 6.92 Å². The van der Waals surface area contributed by atoms with Gasteiger partial charge in [0.05, 0.1) is 5.02 Å². The third-order valence-corrected chi connectivity index (χ3v) is 2.50. The minimum Gasteiger partial charge on any atom is -0.488 e. The van der Waals surface area contributed by atoms with Gasteiger partial charge in [-0.1, -0.05) is 24.2 Å². The van der Waals surface area contributed by atoms with E-state index >= 15 is 0 Å². The van der Waals surface area contributed by atoms with Gasteiger partial charge < -0.3 is 10.5 Å². The summed E-state index contributed by atoms with van der Waals surface area (Å²) in [6.45, 7) is 6.29. The fourth-order valence-electron chi connectivity index (χ4n) is 1.30. The van der Waals surface area contributed by atoms with Crippen molar-refractivity contribution in [1.82, 2.24) is 0 Å². The molecule has 17 heavy (non-hydrogen) atoms. The van der Waals surface area contributed by atoms with E-state index in [4.69, 9.17) is 22.1 Å². The van der Waals surface area contributed by atoms with Gasteiger partial charge in [-0.05, 0) is 31.2 Å². The standard InChI is InChI=1S/C13H16ClNO2/c1-9(2)8-17-12-5-3-4-10(13(12)14)11(16)6-7-15/h3-5H,1,6-8,15H2,2H3. The first-order chi connectivity index (χ1) is 8.06. The number of rotatable bonds is 6. The number of nitrogens with two attached hydrogens (primary N) is 1. The Hall–Kier alpha value is -1.32. The molecule has 0 amide bonds. The molecule has 4 heteroatoms. The number of carbonyl (C=O) groups excluding carboxylic acids is 1. The van der Waals surface area contributed by atoms with Crippen LogP contribution in [0.4, 0.5) is 0 Å². The Kier molecular flexibility index (Phi) is 5.19. The minimum atomic E-state index is -0.0710. The van der Waals surface area contributed by atoms with Crippen molar-refractivity contribution in [3.05, 3.63) is 40.9 Å². The zero-order chi connectivity index (χ0) is 12.8. The molecule has 0 aliphatic rings. The number of benzene rings is 1. The van der Waals surface area contributed by atoms with Crippen molar-refractivity contribution in [2.45, 2.75) is 13.3 Å². The van der Waals surface area contributed by atoms with Gasteiger partial charge in [0.1, 0.15) is 12.4 Å². The molecule has 0 radical (unpaired) electrons. The van der Waals surface area contributed by atoms with E-state index < -0.39 is 0 Å². The van der Waals surface area contributed by atoms with Crippen LogP contribution in [0.5, 0.6) is 5.75 Å². The number of ether oxygens (including phenoxy) is 1. The lowest BCUT2D eigenvalue weighted by atomic mass is 10.1. The molecule has 0 aromatic heterocycles. The van der Waals surface area contributed by atoms with E-state index in [2.05, 4.69) is 6.58 Å². The average Bonchev–Trinajstić information content (AvgIpc) is 2.27. The second-order valence-corrected chi connectivity index (χ2v) is 4.20.